The first-order chi connectivity index (χ1) is 18.2. The lowest BCUT2D eigenvalue weighted by Gasteiger charge is -2.39. The largest absolute Gasteiger partial charge is 0.505 e. The third-order valence-electron chi connectivity index (χ3n) is 7.54. The molecule has 1 fully saturated rings. The fourth-order valence-electron chi connectivity index (χ4n) is 5.61. The Kier molecular flexibility index (Phi) is 9.02. The van der Waals surface area contributed by atoms with Gasteiger partial charge in [-0.3, -0.25) is 14.7 Å². The van der Waals surface area contributed by atoms with Crippen molar-refractivity contribution in [3.63, 3.8) is 0 Å². The number of nitrogens with one attached hydrogen (secondary N) is 1. The number of phenols is 1. The molecule has 0 bridgehead atoms. The zero-order valence-electron chi connectivity index (χ0n) is 22.9. The van der Waals surface area contributed by atoms with Crippen LogP contribution in [0, 0.1) is 11.6 Å². The highest BCUT2D eigenvalue weighted by molar-refractivity contribution is 6.06. The Morgan fingerprint density at radius 2 is 1.82 bits per heavy atom. The van der Waals surface area contributed by atoms with Crippen LogP contribution in [0.1, 0.15) is 78.2 Å². The lowest BCUT2D eigenvalue weighted by atomic mass is 10.1. The van der Waals surface area contributed by atoms with Crippen LogP contribution in [0.25, 0.3) is 0 Å². The molecule has 0 radical (unpaired) electrons. The normalized spacial score (nSPS) is 16.3. The molecule has 8 nitrogen and oxygen atoms in total. The van der Waals surface area contributed by atoms with Crippen LogP contribution in [0.3, 0.4) is 0 Å². The van der Waals surface area contributed by atoms with Crippen LogP contribution in [-0.4, -0.2) is 57.2 Å². The number of phenolic OH excluding ortho intramolecular Hbond substituents is 1. The van der Waals surface area contributed by atoms with Crippen molar-refractivity contribution in [3.05, 3.63) is 35.5 Å². The average molecular weight is 531 g/mol. The second-order valence-corrected chi connectivity index (χ2v) is 10.9. The summed E-state index contributed by atoms with van der Waals surface area (Å²) in [6, 6.07) is 2.30. The minimum atomic E-state index is -1.16. The molecule has 0 unspecified atom stereocenters. The van der Waals surface area contributed by atoms with Crippen molar-refractivity contribution in [2.75, 3.05) is 28.2 Å². The minimum absolute atomic E-state index is 0.0861. The van der Waals surface area contributed by atoms with Crippen molar-refractivity contribution in [2.24, 2.45) is 0 Å². The number of unbranched alkanes of at least 4 members (excludes halogenated alkanes) is 2. The highest BCUT2D eigenvalue weighted by Crippen LogP contribution is 2.39. The molecule has 0 spiro atoms. The van der Waals surface area contributed by atoms with Crippen molar-refractivity contribution < 1.29 is 18.7 Å². The van der Waals surface area contributed by atoms with E-state index in [2.05, 4.69) is 47.9 Å². The first kappa shape index (κ1) is 28.0. The number of urea groups is 1. The summed E-state index contributed by atoms with van der Waals surface area (Å²) in [4.78, 5) is 27.8. The predicted molar refractivity (Wildman–Crippen MR) is 146 cm³/mol. The van der Waals surface area contributed by atoms with Gasteiger partial charge in [-0.15, -0.1) is 0 Å². The van der Waals surface area contributed by atoms with E-state index in [1.807, 2.05) is 0 Å². The molecule has 2 heterocycles. The zero-order valence-corrected chi connectivity index (χ0v) is 22.9. The van der Waals surface area contributed by atoms with Gasteiger partial charge >= 0.3 is 6.03 Å². The van der Waals surface area contributed by atoms with E-state index in [1.54, 1.807) is 11.1 Å². The van der Waals surface area contributed by atoms with Gasteiger partial charge in [0.1, 0.15) is 17.3 Å². The van der Waals surface area contributed by atoms with Gasteiger partial charge in [-0.1, -0.05) is 19.3 Å². The van der Waals surface area contributed by atoms with E-state index in [0.29, 0.717) is 36.0 Å². The van der Waals surface area contributed by atoms with Crippen molar-refractivity contribution in [2.45, 2.75) is 97.3 Å². The van der Waals surface area contributed by atoms with Gasteiger partial charge in [0.05, 0.1) is 6.54 Å². The van der Waals surface area contributed by atoms with Gasteiger partial charge in [-0.2, -0.15) is 4.98 Å². The molecule has 208 valence electrons. The maximum absolute atomic E-state index is 14.8. The molecule has 4 rings (SSSR count). The molecule has 1 saturated carbocycles. The molecule has 2 amide bonds. The Morgan fingerprint density at radius 3 is 2.50 bits per heavy atom. The maximum Gasteiger partial charge on any atom is 0.330 e. The molecule has 0 saturated heterocycles. The first-order valence-corrected chi connectivity index (χ1v) is 13.8. The van der Waals surface area contributed by atoms with Crippen LogP contribution in [0.4, 0.5) is 31.0 Å². The summed E-state index contributed by atoms with van der Waals surface area (Å²) in [5.74, 6) is -1.84. The number of halogens is 2. The minimum Gasteiger partial charge on any atom is -0.505 e. The van der Waals surface area contributed by atoms with Gasteiger partial charge in [-0.05, 0) is 72.1 Å². The van der Waals surface area contributed by atoms with Crippen LogP contribution in [0.5, 0.6) is 5.75 Å². The standard InChI is InChI=1S/C28H40F2N6O2/c1-18(2)34(19(3)4)15-9-5-8-14-31-27-32-16-20-17-35(25-22(29)12-13-23(37)24(25)30)28(38)36(26(20)33-27)21-10-6-7-11-21/h12-13,16,18-19,21,37H,5-11,14-15,17H2,1-4H3,(H,31,32,33). The Hall–Kier alpha value is -3.01. The highest BCUT2D eigenvalue weighted by Gasteiger charge is 2.40. The Labute approximate surface area is 224 Å². The second kappa shape index (κ2) is 12.2. The maximum atomic E-state index is 14.8. The molecule has 1 aromatic heterocycles. The SMILES string of the molecule is CC(C)N(CCCCCNc1ncc2c(n1)N(C1CCCC1)C(=O)N(c1c(F)ccc(O)c1F)C2)C(C)C. The van der Waals surface area contributed by atoms with Gasteiger partial charge in [0, 0.05) is 36.4 Å². The van der Waals surface area contributed by atoms with Crippen molar-refractivity contribution in [3.8, 4) is 5.75 Å². The van der Waals surface area contributed by atoms with Gasteiger partial charge < -0.3 is 10.4 Å². The fourth-order valence-corrected chi connectivity index (χ4v) is 5.61. The number of carbonyl (C=O) groups excluding carboxylic acids is 1. The van der Waals surface area contributed by atoms with Gasteiger partial charge in [0.2, 0.25) is 5.95 Å². The lowest BCUT2D eigenvalue weighted by Crippen LogP contribution is -2.52. The topological polar surface area (TPSA) is 84.8 Å². The molecule has 2 aromatic rings. The molecule has 38 heavy (non-hydrogen) atoms. The van der Waals surface area contributed by atoms with Gasteiger partial charge in [0.15, 0.2) is 11.6 Å². The summed E-state index contributed by atoms with van der Waals surface area (Å²) in [6.45, 7) is 10.6. The Balaban J connectivity index is 1.47. The quantitative estimate of drug-likeness (QED) is 0.344. The molecule has 0 atom stereocenters. The number of amides is 2. The van der Waals surface area contributed by atoms with Crippen LogP contribution >= 0.6 is 0 Å². The monoisotopic (exact) mass is 530 g/mol. The molecular weight excluding hydrogens is 490 g/mol. The smallest absolute Gasteiger partial charge is 0.330 e. The van der Waals surface area contributed by atoms with E-state index in [-0.39, 0.29) is 12.6 Å². The molecular formula is C28H40F2N6O2. The first-order valence-electron chi connectivity index (χ1n) is 13.8. The number of aromatic hydroxyl groups is 1. The number of nitrogens with zero attached hydrogens (tertiary/aromatic N) is 5. The second-order valence-electron chi connectivity index (χ2n) is 10.9. The van der Waals surface area contributed by atoms with Crippen LogP contribution in [0.15, 0.2) is 18.3 Å². The highest BCUT2D eigenvalue weighted by atomic mass is 19.1. The van der Waals surface area contributed by atoms with Crippen molar-refractivity contribution in [1.82, 2.24) is 14.9 Å². The van der Waals surface area contributed by atoms with Gasteiger partial charge in [0.25, 0.3) is 0 Å². The summed E-state index contributed by atoms with van der Waals surface area (Å²) in [5, 5.41) is 13.1. The Morgan fingerprint density at radius 1 is 1.11 bits per heavy atom. The molecule has 2 aliphatic rings. The third-order valence-corrected chi connectivity index (χ3v) is 7.54. The number of benzene rings is 1. The fraction of sp³-hybridized carbons (Fsp3) is 0.607. The van der Waals surface area contributed by atoms with E-state index in [0.717, 1.165) is 68.5 Å². The number of anilines is 3. The van der Waals surface area contributed by atoms with Crippen LogP contribution in [-0.2, 0) is 6.54 Å². The predicted octanol–water partition coefficient (Wildman–Crippen LogP) is 6.05. The van der Waals surface area contributed by atoms with Crippen LogP contribution < -0.4 is 15.1 Å². The number of hydrogen-bond acceptors (Lipinski definition) is 6. The molecule has 1 aromatic carbocycles. The summed E-state index contributed by atoms with van der Waals surface area (Å²) in [5.41, 5.74) is 0.0472. The van der Waals surface area contributed by atoms with Crippen LogP contribution in [0.2, 0.25) is 0 Å². The number of rotatable bonds is 11. The summed E-state index contributed by atoms with van der Waals surface area (Å²) in [6.07, 6.45) is 8.32. The number of carbonyl (C=O) groups is 1. The summed E-state index contributed by atoms with van der Waals surface area (Å²) >= 11 is 0. The van der Waals surface area contributed by atoms with E-state index in [4.69, 9.17) is 0 Å². The number of hydrogen-bond donors (Lipinski definition) is 2. The zero-order chi connectivity index (χ0) is 27.4. The molecule has 2 N–H and O–H groups in total. The molecule has 1 aliphatic heterocycles. The van der Waals surface area contributed by atoms with E-state index >= 15 is 0 Å². The summed E-state index contributed by atoms with van der Waals surface area (Å²) < 4.78 is 29.4. The lowest BCUT2D eigenvalue weighted by molar-refractivity contribution is 0.171. The molecule has 1 aliphatic carbocycles. The third kappa shape index (κ3) is 6.00. The van der Waals surface area contributed by atoms with E-state index in [9.17, 15) is 18.7 Å². The number of aromatic nitrogens is 2. The van der Waals surface area contributed by atoms with E-state index in [1.165, 1.54) is 0 Å². The Bertz CT molecular complexity index is 1110. The van der Waals surface area contributed by atoms with Crippen molar-refractivity contribution >= 4 is 23.5 Å². The van der Waals surface area contributed by atoms with Crippen molar-refractivity contribution in [1.29, 1.82) is 0 Å². The molecule has 10 heteroatoms. The van der Waals surface area contributed by atoms with Gasteiger partial charge in [-0.25, -0.2) is 18.6 Å². The average Bonchev–Trinajstić information content (AvgIpc) is 3.40. The summed E-state index contributed by atoms with van der Waals surface area (Å²) in [7, 11) is 0. The number of fused-ring (bicyclic) bond motifs is 1. The van der Waals surface area contributed by atoms with E-state index < -0.39 is 29.1 Å².